The topological polar surface area (TPSA) is 82.7 Å². The maximum atomic E-state index is 13.2. The van der Waals surface area contributed by atoms with E-state index in [1.807, 2.05) is 30.5 Å². The minimum atomic E-state index is -0.971. The standard InChI is InChI=1S/C21H17F2N5O/c22-17-6-5-15(9-18(17)23)28-21-26-11-14(12-27-21)20(29)24-8-7-13-10-25-19-4-2-1-3-16(13)19/h1-6,9-12,25H,7-8H2,(H,24,29)(H,26,27,28). The first-order valence-electron chi connectivity index (χ1n) is 8.97. The van der Waals surface area contributed by atoms with Gasteiger partial charge in [-0.25, -0.2) is 18.7 Å². The van der Waals surface area contributed by atoms with Crippen molar-refractivity contribution in [2.45, 2.75) is 6.42 Å². The summed E-state index contributed by atoms with van der Waals surface area (Å²) in [6, 6.07) is 11.4. The molecule has 2 aromatic heterocycles. The Bertz CT molecular complexity index is 1160. The molecule has 3 N–H and O–H groups in total. The van der Waals surface area contributed by atoms with Crippen molar-refractivity contribution in [3.63, 3.8) is 0 Å². The number of H-pyrrole nitrogens is 1. The second-order valence-electron chi connectivity index (χ2n) is 6.41. The van der Waals surface area contributed by atoms with Crippen LogP contribution in [-0.2, 0) is 6.42 Å². The number of benzene rings is 2. The second-order valence-corrected chi connectivity index (χ2v) is 6.41. The first kappa shape index (κ1) is 18.5. The van der Waals surface area contributed by atoms with Crippen LogP contribution in [0.15, 0.2) is 61.1 Å². The van der Waals surface area contributed by atoms with Crippen LogP contribution in [-0.4, -0.2) is 27.4 Å². The van der Waals surface area contributed by atoms with E-state index < -0.39 is 11.6 Å². The van der Waals surface area contributed by atoms with Crippen LogP contribution >= 0.6 is 0 Å². The van der Waals surface area contributed by atoms with Gasteiger partial charge in [0.05, 0.1) is 5.56 Å². The molecule has 2 aromatic carbocycles. The lowest BCUT2D eigenvalue weighted by atomic mass is 10.1. The first-order chi connectivity index (χ1) is 14.1. The zero-order chi connectivity index (χ0) is 20.2. The van der Waals surface area contributed by atoms with Crippen molar-refractivity contribution in [1.29, 1.82) is 0 Å². The number of hydrogen-bond acceptors (Lipinski definition) is 4. The van der Waals surface area contributed by atoms with E-state index >= 15 is 0 Å². The number of anilines is 2. The predicted octanol–water partition coefficient (Wildman–Crippen LogP) is 3.95. The van der Waals surface area contributed by atoms with Gasteiger partial charge in [-0.3, -0.25) is 4.79 Å². The summed E-state index contributed by atoms with van der Waals surface area (Å²) in [5, 5.41) is 6.73. The van der Waals surface area contributed by atoms with E-state index in [0.29, 0.717) is 24.2 Å². The molecule has 0 spiro atoms. The molecule has 29 heavy (non-hydrogen) atoms. The summed E-state index contributed by atoms with van der Waals surface area (Å²) in [4.78, 5) is 23.6. The largest absolute Gasteiger partial charge is 0.361 e. The summed E-state index contributed by atoms with van der Waals surface area (Å²) < 4.78 is 26.2. The third-order valence-corrected chi connectivity index (χ3v) is 4.44. The summed E-state index contributed by atoms with van der Waals surface area (Å²) in [6.07, 6.45) is 5.37. The molecule has 0 radical (unpaired) electrons. The van der Waals surface area contributed by atoms with Crippen LogP contribution in [0.25, 0.3) is 10.9 Å². The minimum Gasteiger partial charge on any atom is -0.361 e. The van der Waals surface area contributed by atoms with Gasteiger partial charge < -0.3 is 15.6 Å². The number of carbonyl (C=O) groups is 1. The van der Waals surface area contributed by atoms with E-state index in [1.54, 1.807) is 0 Å². The van der Waals surface area contributed by atoms with E-state index in [-0.39, 0.29) is 11.9 Å². The number of amides is 1. The Morgan fingerprint density at radius 1 is 1.03 bits per heavy atom. The van der Waals surface area contributed by atoms with Crippen molar-refractivity contribution < 1.29 is 13.6 Å². The van der Waals surface area contributed by atoms with Crippen LogP contribution < -0.4 is 10.6 Å². The van der Waals surface area contributed by atoms with Crippen molar-refractivity contribution in [1.82, 2.24) is 20.3 Å². The number of nitrogens with zero attached hydrogens (tertiary/aromatic N) is 2. The normalized spacial score (nSPS) is 10.8. The molecule has 0 saturated carbocycles. The van der Waals surface area contributed by atoms with Crippen LogP contribution in [0, 0.1) is 11.6 Å². The molecule has 4 rings (SSSR count). The van der Waals surface area contributed by atoms with Crippen LogP contribution in [0.2, 0.25) is 0 Å². The fraction of sp³-hybridized carbons (Fsp3) is 0.0952. The average Bonchev–Trinajstić information content (AvgIpc) is 3.14. The number of para-hydroxylation sites is 1. The van der Waals surface area contributed by atoms with Crippen LogP contribution in [0.3, 0.4) is 0 Å². The lowest BCUT2D eigenvalue weighted by molar-refractivity contribution is 0.0953. The number of rotatable bonds is 6. The fourth-order valence-electron chi connectivity index (χ4n) is 2.96. The van der Waals surface area contributed by atoms with E-state index in [4.69, 9.17) is 0 Å². The predicted molar refractivity (Wildman–Crippen MR) is 106 cm³/mol. The van der Waals surface area contributed by atoms with E-state index in [9.17, 15) is 13.6 Å². The lowest BCUT2D eigenvalue weighted by Crippen LogP contribution is -2.26. The Morgan fingerprint density at radius 2 is 1.83 bits per heavy atom. The van der Waals surface area contributed by atoms with E-state index in [0.717, 1.165) is 28.6 Å². The van der Waals surface area contributed by atoms with Crippen LogP contribution in [0.5, 0.6) is 0 Å². The first-order valence-corrected chi connectivity index (χ1v) is 8.97. The van der Waals surface area contributed by atoms with Crippen LogP contribution in [0.1, 0.15) is 15.9 Å². The Balaban J connectivity index is 1.33. The molecule has 1 amide bonds. The molecular formula is C21H17F2N5O. The molecule has 8 heteroatoms. The smallest absolute Gasteiger partial charge is 0.254 e. The highest BCUT2D eigenvalue weighted by atomic mass is 19.2. The molecule has 6 nitrogen and oxygen atoms in total. The summed E-state index contributed by atoms with van der Waals surface area (Å²) in [6.45, 7) is 0.468. The van der Waals surface area contributed by atoms with Crippen LogP contribution in [0.4, 0.5) is 20.4 Å². The van der Waals surface area contributed by atoms with Gasteiger partial charge in [-0.15, -0.1) is 0 Å². The highest BCUT2D eigenvalue weighted by Crippen LogP contribution is 2.18. The number of halogens is 2. The molecular weight excluding hydrogens is 376 g/mol. The molecule has 146 valence electrons. The fourth-order valence-corrected chi connectivity index (χ4v) is 2.96. The number of nitrogens with one attached hydrogen (secondary N) is 3. The Kier molecular flexibility index (Phi) is 5.15. The van der Waals surface area contributed by atoms with Gasteiger partial charge in [0.1, 0.15) is 0 Å². The van der Waals surface area contributed by atoms with Gasteiger partial charge >= 0.3 is 0 Å². The van der Waals surface area contributed by atoms with Crippen molar-refractivity contribution in [2.75, 3.05) is 11.9 Å². The van der Waals surface area contributed by atoms with E-state index in [1.165, 1.54) is 18.5 Å². The molecule has 0 saturated heterocycles. The van der Waals surface area contributed by atoms with Gasteiger partial charge in [0.2, 0.25) is 5.95 Å². The number of aromatic nitrogens is 3. The summed E-state index contributed by atoms with van der Waals surface area (Å²) in [5.41, 5.74) is 2.80. The van der Waals surface area contributed by atoms with Gasteiger partial charge in [-0.2, -0.15) is 0 Å². The second kappa shape index (κ2) is 8.05. The minimum absolute atomic E-state index is 0.173. The van der Waals surface area contributed by atoms with E-state index in [2.05, 4.69) is 25.6 Å². The molecule has 0 bridgehead atoms. The summed E-state index contributed by atoms with van der Waals surface area (Å²) in [7, 11) is 0. The zero-order valence-corrected chi connectivity index (χ0v) is 15.2. The van der Waals surface area contributed by atoms with Crippen molar-refractivity contribution in [3.8, 4) is 0 Å². The number of carbonyl (C=O) groups excluding carboxylic acids is 1. The van der Waals surface area contributed by atoms with Gasteiger partial charge in [-0.1, -0.05) is 18.2 Å². The highest BCUT2D eigenvalue weighted by Gasteiger charge is 2.09. The SMILES string of the molecule is O=C(NCCc1c[nH]c2ccccc12)c1cnc(Nc2ccc(F)c(F)c2)nc1. The molecule has 0 aliphatic rings. The monoisotopic (exact) mass is 393 g/mol. The number of hydrogen-bond donors (Lipinski definition) is 3. The van der Waals surface area contributed by atoms with Gasteiger partial charge in [0, 0.05) is 47.8 Å². The molecule has 2 heterocycles. The molecule has 0 aliphatic heterocycles. The van der Waals surface area contributed by atoms with Gasteiger partial charge in [0.25, 0.3) is 5.91 Å². The lowest BCUT2D eigenvalue weighted by Gasteiger charge is -2.07. The van der Waals surface area contributed by atoms with Crippen molar-refractivity contribution in [3.05, 3.63) is 83.8 Å². The third-order valence-electron chi connectivity index (χ3n) is 4.44. The number of aromatic amines is 1. The summed E-state index contributed by atoms with van der Waals surface area (Å²) in [5.74, 6) is -2.02. The summed E-state index contributed by atoms with van der Waals surface area (Å²) >= 11 is 0. The van der Waals surface area contributed by atoms with Gasteiger partial charge in [0.15, 0.2) is 11.6 Å². The molecule has 0 atom stereocenters. The van der Waals surface area contributed by atoms with Gasteiger partial charge in [-0.05, 0) is 30.2 Å². The number of fused-ring (bicyclic) bond motifs is 1. The highest BCUT2D eigenvalue weighted by molar-refractivity contribution is 5.93. The molecule has 0 unspecified atom stereocenters. The third kappa shape index (κ3) is 4.21. The Morgan fingerprint density at radius 3 is 2.62 bits per heavy atom. The molecule has 4 aromatic rings. The maximum Gasteiger partial charge on any atom is 0.254 e. The quantitative estimate of drug-likeness (QED) is 0.463. The molecule has 0 fully saturated rings. The Hall–Kier alpha value is -3.81. The Labute approximate surface area is 165 Å². The molecule has 0 aliphatic carbocycles. The zero-order valence-electron chi connectivity index (χ0n) is 15.2. The maximum absolute atomic E-state index is 13.2. The average molecular weight is 393 g/mol. The van der Waals surface area contributed by atoms with Crippen molar-refractivity contribution >= 4 is 28.4 Å². The van der Waals surface area contributed by atoms with Crippen molar-refractivity contribution in [2.24, 2.45) is 0 Å².